The van der Waals surface area contributed by atoms with Crippen LogP contribution in [0.25, 0.3) is 0 Å². The minimum Gasteiger partial charge on any atom is -0.256 e. The summed E-state index contributed by atoms with van der Waals surface area (Å²) in [4.78, 5) is 0. The number of alkyl halides is 1. The lowest BCUT2D eigenvalue weighted by Crippen LogP contribution is -2.01. The van der Waals surface area contributed by atoms with E-state index < -0.39 is 0 Å². The van der Waals surface area contributed by atoms with Gasteiger partial charge in [0.25, 0.3) is 0 Å². The van der Waals surface area contributed by atoms with Crippen molar-refractivity contribution >= 4 is 23.2 Å². The molecule has 0 saturated heterocycles. The monoisotopic (exact) mass is 273 g/mol. The summed E-state index contributed by atoms with van der Waals surface area (Å²) in [5.41, 5.74) is 2.76. The summed E-state index contributed by atoms with van der Waals surface area (Å²) in [5, 5.41) is 12.9. The second kappa shape index (κ2) is 5.06. The van der Waals surface area contributed by atoms with E-state index in [0.717, 1.165) is 23.4 Å². The van der Waals surface area contributed by atoms with Crippen LogP contribution in [0, 0.1) is 6.92 Å². The number of nitrogens with zero attached hydrogens (tertiary/aromatic N) is 5. The van der Waals surface area contributed by atoms with Crippen LogP contribution in [0.5, 0.6) is 0 Å². The number of hydrogen-bond acceptors (Lipinski definition) is 3. The van der Waals surface area contributed by atoms with Crippen LogP contribution in [0.1, 0.15) is 17.0 Å². The molecule has 7 heteroatoms. The van der Waals surface area contributed by atoms with Gasteiger partial charge in [0.1, 0.15) is 5.15 Å². The van der Waals surface area contributed by atoms with Gasteiger partial charge >= 0.3 is 0 Å². The molecule has 0 fully saturated rings. The number of aromatic nitrogens is 5. The molecule has 92 valence electrons. The molecule has 0 aromatic carbocycles. The first-order valence-corrected chi connectivity index (χ1v) is 6.16. The van der Waals surface area contributed by atoms with E-state index in [1.165, 1.54) is 0 Å². The van der Waals surface area contributed by atoms with Crippen molar-refractivity contribution in [3.63, 3.8) is 0 Å². The zero-order chi connectivity index (χ0) is 12.4. The number of halogens is 2. The molecule has 0 aliphatic heterocycles. The molecular formula is C10H13Cl2N5. The molecule has 0 aliphatic carbocycles. The van der Waals surface area contributed by atoms with E-state index >= 15 is 0 Å². The Balaban J connectivity index is 2.19. The number of aryl methyl sites for hydroxylation is 3. The van der Waals surface area contributed by atoms with Gasteiger partial charge in [0.15, 0.2) is 0 Å². The second-order valence-corrected chi connectivity index (χ2v) is 4.56. The van der Waals surface area contributed by atoms with Gasteiger partial charge in [0, 0.05) is 31.1 Å². The lowest BCUT2D eigenvalue weighted by molar-refractivity contribution is 0.647. The quantitative estimate of drug-likeness (QED) is 0.799. The van der Waals surface area contributed by atoms with Crippen LogP contribution in [-0.4, -0.2) is 30.7 Å². The average molecular weight is 274 g/mol. The Labute approximate surface area is 109 Å². The van der Waals surface area contributed by atoms with Crippen LogP contribution in [0.15, 0.2) is 6.20 Å². The van der Waals surface area contributed by atoms with Gasteiger partial charge in [-0.1, -0.05) is 16.8 Å². The van der Waals surface area contributed by atoms with Crippen molar-refractivity contribution in [2.75, 3.05) is 5.88 Å². The van der Waals surface area contributed by atoms with E-state index in [1.807, 2.05) is 20.2 Å². The zero-order valence-corrected chi connectivity index (χ0v) is 11.2. The third-order valence-corrected chi connectivity index (χ3v) is 3.19. The van der Waals surface area contributed by atoms with Crippen LogP contribution in [-0.2, 0) is 20.0 Å². The van der Waals surface area contributed by atoms with Crippen molar-refractivity contribution in [3.8, 4) is 0 Å². The molecule has 0 radical (unpaired) electrons. The van der Waals surface area contributed by atoms with Crippen LogP contribution in [0.4, 0.5) is 0 Å². The molecule has 2 rings (SSSR count). The zero-order valence-electron chi connectivity index (χ0n) is 9.69. The molecule has 0 spiro atoms. The first kappa shape index (κ1) is 12.4. The summed E-state index contributed by atoms with van der Waals surface area (Å²) < 4.78 is 3.40. The lowest BCUT2D eigenvalue weighted by atomic mass is 10.2. The fourth-order valence-electron chi connectivity index (χ4n) is 1.64. The Morgan fingerprint density at radius 3 is 2.76 bits per heavy atom. The second-order valence-electron chi connectivity index (χ2n) is 3.82. The molecule has 2 aromatic rings. The minimum absolute atomic E-state index is 0.547. The van der Waals surface area contributed by atoms with E-state index in [9.17, 15) is 0 Å². The molecule has 0 amide bonds. The Morgan fingerprint density at radius 2 is 2.18 bits per heavy atom. The third-order valence-electron chi connectivity index (χ3n) is 2.53. The summed E-state index contributed by atoms with van der Waals surface area (Å²) in [6, 6.07) is 0. The van der Waals surface area contributed by atoms with Gasteiger partial charge in [0.05, 0.1) is 17.9 Å². The molecule has 0 bridgehead atoms. The van der Waals surface area contributed by atoms with E-state index in [2.05, 4.69) is 15.4 Å². The summed E-state index contributed by atoms with van der Waals surface area (Å²) in [6.07, 6.45) is 2.60. The molecule has 0 atom stereocenters. The molecule has 2 aromatic heterocycles. The van der Waals surface area contributed by atoms with E-state index in [-0.39, 0.29) is 0 Å². The van der Waals surface area contributed by atoms with Gasteiger partial charge in [-0.15, -0.1) is 16.7 Å². The maximum Gasteiger partial charge on any atom is 0.132 e. The lowest BCUT2D eigenvalue weighted by Gasteiger charge is -1.99. The summed E-state index contributed by atoms with van der Waals surface area (Å²) in [5.74, 6) is 0.547. The maximum absolute atomic E-state index is 6.15. The van der Waals surface area contributed by atoms with E-state index in [0.29, 0.717) is 17.6 Å². The van der Waals surface area contributed by atoms with Gasteiger partial charge in [0.2, 0.25) is 0 Å². The van der Waals surface area contributed by atoms with Crippen LogP contribution in [0.2, 0.25) is 5.15 Å². The average Bonchev–Trinajstić information content (AvgIpc) is 2.81. The predicted molar refractivity (Wildman–Crippen MR) is 66.5 cm³/mol. The van der Waals surface area contributed by atoms with Crippen molar-refractivity contribution in [3.05, 3.63) is 28.3 Å². The van der Waals surface area contributed by atoms with Gasteiger partial charge in [-0.25, -0.2) is 4.68 Å². The van der Waals surface area contributed by atoms with Crippen molar-refractivity contribution in [1.82, 2.24) is 24.8 Å². The first-order chi connectivity index (χ1) is 8.11. The fourth-order valence-corrected chi connectivity index (χ4v) is 2.07. The smallest absolute Gasteiger partial charge is 0.132 e. The summed E-state index contributed by atoms with van der Waals surface area (Å²) in [6.45, 7) is 2.51. The highest BCUT2D eigenvalue weighted by molar-refractivity contribution is 6.30. The van der Waals surface area contributed by atoms with Crippen molar-refractivity contribution in [1.29, 1.82) is 0 Å². The molecule has 0 aliphatic rings. The van der Waals surface area contributed by atoms with Gasteiger partial charge in [-0.3, -0.25) is 4.68 Å². The minimum atomic E-state index is 0.547. The molecule has 0 N–H and O–H groups in total. The standard InChI is InChI=1S/C10H13Cl2N5/c1-7-9(10(12)16(2)14-7)6-17-5-8(3-4-11)13-15-17/h5H,3-4,6H2,1-2H3. The van der Waals surface area contributed by atoms with E-state index in [1.54, 1.807) is 9.36 Å². The van der Waals surface area contributed by atoms with Gasteiger partial charge < -0.3 is 0 Å². The normalized spacial score (nSPS) is 11.1. The predicted octanol–water partition coefficient (Wildman–Crippen LogP) is 1.80. The Morgan fingerprint density at radius 1 is 1.41 bits per heavy atom. The highest BCUT2D eigenvalue weighted by Crippen LogP contribution is 2.19. The highest BCUT2D eigenvalue weighted by atomic mass is 35.5. The topological polar surface area (TPSA) is 48.5 Å². The van der Waals surface area contributed by atoms with Crippen LogP contribution in [0.3, 0.4) is 0 Å². The third kappa shape index (κ3) is 2.61. The molecule has 2 heterocycles. The first-order valence-electron chi connectivity index (χ1n) is 5.24. The van der Waals surface area contributed by atoms with Gasteiger partial charge in [-0.05, 0) is 6.92 Å². The molecule has 0 unspecified atom stereocenters. The van der Waals surface area contributed by atoms with Crippen molar-refractivity contribution in [2.24, 2.45) is 7.05 Å². The molecule has 5 nitrogen and oxygen atoms in total. The Kier molecular flexibility index (Phi) is 3.69. The van der Waals surface area contributed by atoms with Crippen LogP contribution < -0.4 is 0 Å². The highest BCUT2D eigenvalue weighted by Gasteiger charge is 2.12. The SMILES string of the molecule is Cc1nn(C)c(Cl)c1Cn1cc(CCCl)nn1. The molecule has 0 saturated carbocycles. The summed E-state index contributed by atoms with van der Waals surface area (Å²) in [7, 11) is 1.82. The summed E-state index contributed by atoms with van der Waals surface area (Å²) >= 11 is 11.8. The largest absolute Gasteiger partial charge is 0.256 e. The van der Waals surface area contributed by atoms with Crippen molar-refractivity contribution in [2.45, 2.75) is 19.9 Å². The van der Waals surface area contributed by atoms with Crippen LogP contribution >= 0.6 is 23.2 Å². The van der Waals surface area contributed by atoms with E-state index in [4.69, 9.17) is 23.2 Å². The van der Waals surface area contributed by atoms with Crippen molar-refractivity contribution < 1.29 is 0 Å². The Bertz CT molecular complexity index is 517. The van der Waals surface area contributed by atoms with Gasteiger partial charge in [-0.2, -0.15) is 5.10 Å². The molecule has 17 heavy (non-hydrogen) atoms. The molecular weight excluding hydrogens is 261 g/mol. The maximum atomic E-state index is 6.15. The number of rotatable bonds is 4. The number of hydrogen-bond donors (Lipinski definition) is 0. The Hall–Kier alpha value is -1.07. The fraction of sp³-hybridized carbons (Fsp3) is 0.500.